The SMILES string of the molecule is CCc1ccc(C)c(N(C)S(C)(=O)=O)c1. The smallest absolute Gasteiger partial charge is 0.232 e. The molecule has 0 aliphatic carbocycles. The molecular formula is C11H17NO2S. The van der Waals surface area contributed by atoms with Gasteiger partial charge in [0.25, 0.3) is 0 Å². The minimum absolute atomic E-state index is 0.761. The van der Waals surface area contributed by atoms with E-state index >= 15 is 0 Å². The molecule has 0 heterocycles. The lowest BCUT2D eigenvalue weighted by atomic mass is 10.1. The van der Waals surface area contributed by atoms with Crippen LogP contribution in [0.1, 0.15) is 18.1 Å². The Labute approximate surface area is 91.8 Å². The van der Waals surface area contributed by atoms with Crippen LogP contribution in [0.4, 0.5) is 5.69 Å². The normalized spacial score (nSPS) is 11.5. The molecule has 0 bridgehead atoms. The van der Waals surface area contributed by atoms with Gasteiger partial charge in [0.1, 0.15) is 0 Å². The van der Waals surface area contributed by atoms with Gasteiger partial charge in [-0.15, -0.1) is 0 Å². The number of hydrogen-bond donors (Lipinski definition) is 0. The molecule has 15 heavy (non-hydrogen) atoms. The first-order chi connectivity index (χ1) is 6.86. The average molecular weight is 227 g/mol. The largest absolute Gasteiger partial charge is 0.273 e. The van der Waals surface area contributed by atoms with Gasteiger partial charge in [0.15, 0.2) is 0 Å². The third kappa shape index (κ3) is 2.72. The van der Waals surface area contributed by atoms with Gasteiger partial charge in [-0.1, -0.05) is 19.1 Å². The molecule has 0 unspecified atom stereocenters. The average Bonchev–Trinajstić information content (AvgIpc) is 2.16. The maximum absolute atomic E-state index is 11.4. The molecule has 0 atom stereocenters. The summed E-state index contributed by atoms with van der Waals surface area (Å²) in [6.45, 7) is 3.96. The van der Waals surface area contributed by atoms with Gasteiger partial charge in [-0.2, -0.15) is 0 Å². The summed E-state index contributed by atoms with van der Waals surface area (Å²) >= 11 is 0. The molecule has 0 aliphatic rings. The van der Waals surface area contributed by atoms with Crippen molar-refractivity contribution in [3.05, 3.63) is 29.3 Å². The standard InChI is InChI=1S/C11H17NO2S/c1-5-10-7-6-9(2)11(8-10)12(3)15(4,13)14/h6-8H,5H2,1-4H3. The van der Waals surface area contributed by atoms with Crippen LogP contribution in [0.3, 0.4) is 0 Å². The second-order valence-electron chi connectivity index (χ2n) is 3.70. The fraction of sp³-hybridized carbons (Fsp3) is 0.455. The highest BCUT2D eigenvalue weighted by Crippen LogP contribution is 2.22. The van der Waals surface area contributed by atoms with Crippen LogP contribution in [0.2, 0.25) is 0 Å². The molecule has 1 rings (SSSR count). The Morgan fingerprint density at radius 1 is 1.33 bits per heavy atom. The number of aryl methyl sites for hydroxylation is 2. The Morgan fingerprint density at radius 3 is 2.40 bits per heavy atom. The molecule has 0 aliphatic heterocycles. The summed E-state index contributed by atoms with van der Waals surface area (Å²) in [4.78, 5) is 0. The number of benzene rings is 1. The number of anilines is 1. The second-order valence-corrected chi connectivity index (χ2v) is 5.72. The van der Waals surface area contributed by atoms with Crippen molar-refractivity contribution in [2.24, 2.45) is 0 Å². The summed E-state index contributed by atoms with van der Waals surface area (Å²) in [6.07, 6.45) is 2.12. The highest BCUT2D eigenvalue weighted by Gasteiger charge is 2.14. The minimum atomic E-state index is -3.17. The molecule has 84 valence electrons. The van der Waals surface area contributed by atoms with Crippen molar-refractivity contribution in [2.75, 3.05) is 17.6 Å². The van der Waals surface area contributed by atoms with E-state index in [9.17, 15) is 8.42 Å². The van der Waals surface area contributed by atoms with E-state index in [1.165, 1.54) is 10.6 Å². The maximum atomic E-state index is 11.4. The van der Waals surface area contributed by atoms with Crippen molar-refractivity contribution < 1.29 is 8.42 Å². The second kappa shape index (κ2) is 4.23. The third-order valence-corrected chi connectivity index (χ3v) is 3.71. The van der Waals surface area contributed by atoms with Gasteiger partial charge in [0.05, 0.1) is 11.9 Å². The van der Waals surface area contributed by atoms with E-state index in [2.05, 4.69) is 6.92 Å². The number of nitrogens with zero attached hydrogens (tertiary/aromatic N) is 1. The van der Waals surface area contributed by atoms with E-state index in [4.69, 9.17) is 0 Å². The Kier molecular flexibility index (Phi) is 3.39. The van der Waals surface area contributed by atoms with Crippen LogP contribution in [-0.2, 0) is 16.4 Å². The molecule has 0 amide bonds. The van der Waals surface area contributed by atoms with Crippen LogP contribution in [-0.4, -0.2) is 21.7 Å². The maximum Gasteiger partial charge on any atom is 0.232 e. The molecule has 0 aromatic heterocycles. The highest BCUT2D eigenvalue weighted by molar-refractivity contribution is 7.92. The molecule has 4 heteroatoms. The lowest BCUT2D eigenvalue weighted by Crippen LogP contribution is -2.25. The molecule has 1 aromatic rings. The summed E-state index contributed by atoms with van der Waals surface area (Å²) in [5, 5.41) is 0. The van der Waals surface area contributed by atoms with E-state index in [-0.39, 0.29) is 0 Å². The van der Waals surface area contributed by atoms with Crippen LogP contribution < -0.4 is 4.31 Å². The van der Waals surface area contributed by atoms with E-state index in [1.807, 2.05) is 25.1 Å². The molecule has 0 spiro atoms. The van der Waals surface area contributed by atoms with Crippen LogP contribution in [0.5, 0.6) is 0 Å². The number of hydrogen-bond acceptors (Lipinski definition) is 2. The number of sulfonamides is 1. The van der Waals surface area contributed by atoms with E-state index < -0.39 is 10.0 Å². The van der Waals surface area contributed by atoms with Gasteiger partial charge < -0.3 is 0 Å². The molecule has 0 saturated carbocycles. The topological polar surface area (TPSA) is 37.4 Å². The van der Waals surface area contributed by atoms with E-state index in [1.54, 1.807) is 7.05 Å². The molecule has 3 nitrogen and oxygen atoms in total. The summed E-state index contributed by atoms with van der Waals surface area (Å²) in [7, 11) is -1.59. The zero-order chi connectivity index (χ0) is 11.6. The zero-order valence-electron chi connectivity index (χ0n) is 9.61. The Hall–Kier alpha value is -1.03. The van der Waals surface area contributed by atoms with Gasteiger partial charge in [-0.25, -0.2) is 8.42 Å². The van der Waals surface area contributed by atoms with Gasteiger partial charge in [-0.05, 0) is 30.5 Å². The van der Waals surface area contributed by atoms with Gasteiger partial charge >= 0.3 is 0 Å². The van der Waals surface area contributed by atoms with Crippen molar-refractivity contribution in [3.63, 3.8) is 0 Å². The van der Waals surface area contributed by atoms with Crippen molar-refractivity contribution in [1.82, 2.24) is 0 Å². The molecule has 0 radical (unpaired) electrons. The Bertz CT molecular complexity index is 452. The predicted molar refractivity (Wildman–Crippen MR) is 63.8 cm³/mol. The van der Waals surface area contributed by atoms with Crippen LogP contribution >= 0.6 is 0 Å². The summed E-state index contributed by atoms with van der Waals surface area (Å²) < 4.78 is 24.1. The highest BCUT2D eigenvalue weighted by atomic mass is 32.2. The van der Waals surface area contributed by atoms with Crippen molar-refractivity contribution in [3.8, 4) is 0 Å². The zero-order valence-corrected chi connectivity index (χ0v) is 10.4. The molecule has 0 saturated heterocycles. The van der Waals surface area contributed by atoms with Gasteiger partial charge in [0, 0.05) is 7.05 Å². The monoisotopic (exact) mass is 227 g/mol. The molecular weight excluding hydrogens is 210 g/mol. The van der Waals surface area contributed by atoms with Gasteiger partial charge in [0.2, 0.25) is 10.0 Å². The molecule has 0 N–H and O–H groups in total. The van der Waals surface area contributed by atoms with E-state index in [0.29, 0.717) is 0 Å². The lowest BCUT2D eigenvalue weighted by molar-refractivity contribution is 0.600. The van der Waals surface area contributed by atoms with Crippen molar-refractivity contribution >= 4 is 15.7 Å². The third-order valence-electron chi connectivity index (χ3n) is 2.52. The lowest BCUT2D eigenvalue weighted by Gasteiger charge is -2.19. The Balaban J connectivity index is 3.24. The first-order valence-electron chi connectivity index (χ1n) is 4.89. The first-order valence-corrected chi connectivity index (χ1v) is 6.74. The van der Waals surface area contributed by atoms with Crippen LogP contribution in [0.25, 0.3) is 0 Å². The fourth-order valence-corrected chi connectivity index (χ4v) is 1.95. The molecule has 0 fully saturated rings. The van der Waals surface area contributed by atoms with Gasteiger partial charge in [-0.3, -0.25) is 4.31 Å². The predicted octanol–water partition coefficient (Wildman–Crippen LogP) is 1.95. The van der Waals surface area contributed by atoms with Crippen molar-refractivity contribution in [2.45, 2.75) is 20.3 Å². The molecule has 1 aromatic carbocycles. The van der Waals surface area contributed by atoms with E-state index in [0.717, 1.165) is 23.2 Å². The summed E-state index contributed by atoms with van der Waals surface area (Å²) in [5.74, 6) is 0. The summed E-state index contributed by atoms with van der Waals surface area (Å²) in [5.41, 5.74) is 2.88. The quantitative estimate of drug-likeness (QED) is 0.791. The van der Waals surface area contributed by atoms with Crippen molar-refractivity contribution in [1.29, 1.82) is 0 Å². The number of rotatable bonds is 3. The van der Waals surface area contributed by atoms with Crippen LogP contribution in [0.15, 0.2) is 18.2 Å². The first kappa shape index (κ1) is 12.0. The van der Waals surface area contributed by atoms with Crippen LogP contribution in [0, 0.1) is 6.92 Å². The summed E-state index contributed by atoms with van der Waals surface area (Å²) in [6, 6.07) is 5.90. The Morgan fingerprint density at radius 2 is 1.93 bits per heavy atom. The minimum Gasteiger partial charge on any atom is -0.273 e. The fourth-order valence-electron chi connectivity index (χ4n) is 1.39.